The lowest BCUT2D eigenvalue weighted by Crippen LogP contribution is -2.19. The van der Waals surface area contributed by atoms with Crippen molar-refractivity contribution >= 4 is 30.1 Å². The van der Waals surface area contributed by atoms with E-state index in [1.165, 1.54) is 12.1 Å². The number of benzene rings is 1. The fourth-order valence-corrected chi connectivity index (χ4v) is 1.73. The zero-order valence-corrected chi connectivity index (χ0v) is 10.7. The summed E-state index contributed by atoms with van der Waals surface area (Å²) in [6, 6.07) is 3.35. The molecular weight excluding hydrogens is 310 g/mol. The maximum atomic E-state index is 12.0. The van der Waals surface area contributed by atoms with Crippen LogP contribution in [0, 0.1) is 0 Å². The summed E-state index contributed by atoms with van der Waals surface area (Å²) in [6.45, 7) is 0.106. The van der Waals surface area contributed by atoms with E-state index >= 15 is 0 Å². The highest BCUT2D eigenvalue weighted by molar-refractivity contribution is 6.32. The van der Waals surface area contributed by atoms with Gasteiger partial charge < -0.3 is 14.8 Å². The number of rotatable bonds is 2. The molecule has 0 aromatic heterocycles. The van der Waals surface area contributed by atoms with Crippen LogP contribution in [-0.4, -0.2) is 19.1 Å². The van der Waals surface area contributed by atoms with E-state index in [9.17, 15) is 18.0 Å². The number of carbonyl (C=O) groups is 1. The van der Waals surface area contributed by atoms with Gasteiger partial charge in [0, 0.05) is 0 Å². The molecule has 0 spiro atoms. The van der Waals surface area contributed by atoms with E-state index in [0.717, 1.165) is 6.07 Å². The van der Waals surface area contributed by atoms with Gasteiger partial charge in [0.05, 0.1) is 11.1 Å². The molecule has 106 valence electrons. The Labute approximate surface area is 117 Å². The van der Waals surface area contributed by atoms with E-state index in [1.807, 2.05) is 0 Å². The second-order valence-electron chi connectivity index (χ2n) is 3.53. The topological polar surface area (TPSA) is 47.6 Å². The van der Waals surface area contributed by atoms with E-state index in [4.69, 9.17) is 11.6 Å². The average molecular weight is 318 g/mol. The van der Waals surface area contributed by atoms with Crippen molar-refractivity contribution < 1.29 is 27.4 Å². The summed E-state index contributed by atoms with van der Waals surface area (Å²) >= 11 is 5.67. The van der Waals surface area contributed by atoms with Gasteiger partial charge >= 0.3 is 12.5 Å². The van der Waals surface area contributed by atoms with Gasteiger partial charge in [0.2, 0.25) is 0 Å². The number of cyclic esters (lactones) is 1. The quantitative estimate of drug-likeness (QED) is 0.909. The van der Waals surface area contributed by atoms with Crippen LogP contribution in [-0.2, 0) is 4.74 Å². The van der Waals surface area contributed by atoms with Gasteiger partial charge in [-0.1, -0.05) is 17.7 Å². The molecule has 19 heavy (non-hydrogen) atoms. The molecule has 1 saturated heterocycles. The molecule has 0 aliphatic carbocycles. The van der Waals surface area contributed by atoms with Crippen molar-refractivity contribution in [3.05, 3.63) is 28.8 Å². The maximum absolute atomic E-state index is 12.0. The van der Waals surface area contributed by atoms with Gasteiger partial charge in [0.15, 0.2) is 0 Å². The first-order valence-corrected chi connectivity index (χ1v) is 5.21. The minimum Gasteiger partial charge on any atom is -0.447 e. The van der Waals surface area contributed by atoms with Crippen molar-refractivity contribution in [2.75, 3.05) is 6.61 Å². The predicted molar refractivity (Wildman–Crippen MR) is 62.6 cm³/mol. The highest BCUT2D eigenvalue weighted by Crippen LogP contribution is 2.32. The van der Waals surface area contributed by atoms with Crippen LogP contribution in [0.2, 0.25) is 5.02 Å². The summed E-state index contributed by atoms with van der Waals surface area (Å²) in [7, 11) is 0. The molecule has 1 amide bonds. The molecule has 0 radical (unpaired) electrons. The SMILES string of the molecule is Cl.O=C1N[C@@H](c2ccc(OC(F)(F)F)c(Cl)c2)CO1. The lowest BCUT2D eigenvalue weighted by molar-refractivity contribution is -0.274. The third kappa shape index (κ3) is 4.07. The van der Waals surface area contributed by atoms with Crippen molar-refractivity contribution in [2.45, 2.75) is 12.4 Å². The third-order valence-corrected chi connectivity index (χ3v) is 2.55. The summed E-state index contributed by atoms with van der Waals surface area (Å²) in [5.41, 5.74) is 0.542. The number of carbonyl (C=O) groups excluding carboxylic acids is 1. The van der Waals surface area contributed by atoms with E-state index in [-0.39, 0.29) is 24.0 Å². The Bertz CT molecular complexity index is 482. The highest BCUT2D eigenvalue weighted by Gasteiger charge is 2.32. The molecule has 1 N–H and O–H groups in total. The van der Waals surface area contributed by atoms with Crippen LogP contribution in [0.5, 0.6) is 5.75 Å². The second kappa shape index (κ2) is 5.75. The second-order valence-corrected chi connectivity index (χ2v) is 3.94. The molecule has 1 aliphatic rings. The molecule has 1 heterocycles. The van der Waals surface area contributed by atoms with Gasteiger partial charge in [-0.3, -0.25) is 0 Å². The number of nitrogens with one attached hydrogen (secondary N) is 1. The van der Waals surface area contributed by atoms with Crippen LogP contribution < -0.4 is 10.1 Å². The molecule has 1 aromatic rings. The van der Waals surface area contributed by atoms with E-state index < -0.39 is 24.2 Å². The summed E-state index contributed by atoms with van der Waals surface area (Å²) in [5.74, 6) is -0.488. The first-order chi connectivity index (χ1) is 8.35. The molecule has 0 unspecified atom stereocenters. The van der Waals surface area contributed by atoms with Gasteiger partial charge in [0.1, 0.15) is 12.4 Å². The van der Waals surface area contributed by atoms with E-state index in [2.05, 4.69) is 14.8 Å². The highest BCUT2D eigenvalue weighted by atomic mass is 35.5. The zero-order valence-electron chi connectivity index (χ0n) is 9.16. The normalized spacial score (nSPS) is 18.3. The number of alkyl carbamates (subject to hydrolysis) is 1. The molecule has 1 aliphatic heterocycles. The van der Waals surface area contributed by atoms with Crippen molar-refractivity contribution in [1.29, 1.82) is 0 Å². The van der Waals surface area contributed by atoms with Crippen LogP contribution in [0.25, 0.3) is 0 Å². The standard InChI is InChI=1S/C10H7ClF3NO3.ClH/c11-6-3-5(7-4-17-9(16)15-7)1-2-8(6)18-10(12,13)14;/h1-3,7H,4H2,(H,15,16);1H/t7-;/m1./s1. The molecule has 1 atom stereocenters. The smallest absolute Gasteiger partial charge is 0.447 e. The lowest BCUT2D eigenvalue weighted by atomic mass is 10.1. The van der Waals surface area contributed by atoms with Crippen LogP contribution >= 0.6 is 24.0 Å². The largest absolute Gasteiger partial charge is 0.573 e. The van der Waals surface area contributed by atoms with Crippen LogP contribution in [0.3, 0.4) is 0 Å². The van der Waals surface area contributed by atoms with Crippen molar-refractivity contribution in [2.24, 2.45) is 0 Å². The maximum Gasteiger partial charge on any atom is 0.573 e. The molecule has 4 nitrogen and oxygen atoms in total. The van der Waals surface area contributed by atoms with Gasteiger partial charge in [-0.15, -0.1) is 25.6 Å². The Morgan fingerprint density at radius 2 is 2.11 bits per heavy atom. The fourth-order valence-electron chi connectivity index (χ4n) is 1.51. The molecular formula is C10H8Cl2F3NO3. The number of alkyl halides is 3. The Hall–Kier alpha value is -1.34. The summed E-state index contributed by atoms with van der Waals surface area (Å²) in [4.78, 5) is 10.8. The zero-order chi connectivity index (χ0) is 13.3. The number of amides is 1. The molecule has 1 fully saturated rings. The minimum atomic E-state index is -4.80. The monoisotopic (exact) mass is 317 g/mol. The Morgan fingerprint density at radius 3 is 2.58 bits per heavy atom. The Morgan fingerprint density at radius 1 is 1.42 bits per heavy atom. The third-order valence-electron chi connectivity index (χ3n) is 2.26. The van der Waals surface area contributed by atoms with Crippen LogP contribution in [0.1, 0.15) is 11.6 Å². The Balaban J connectivity index is 0.00000180. The van der Waals surface area contributed by atoms with E-state index in [1.54, 1.807) is 0 Å². The van der Waals surface area contributed by atoms with Crippen molar-refractivity contribution in [3.63, 3.8) is 0 Å². The number of hydrogen-bond acceptors (Lipinski definition) is 3. The van der Waals surface area contributed by atoms with Crippen molar-refractivity contribution in [1.82, 2.24) is 5.32 Å². The first kappa shape index (κ1) is 15.7. The number of hydrogen-bond donors (Lipinski definition) is 1. The summed E-state index contributed by atoms with van der Waals surface area (Å²) in [5, 5.41) is 2.29. The van der Waals surface area contributed by atoms with Gasteiger partial charge in [-0.25, -0.2) is 4.79 Å². The van der Waals surface area contributed by atoms with Crippen molar-refractivity contribution in [3.8, 4) is 5.75 Å². The minimum absolute atomic E-state index is 0. The summed E-state index contributed by atoms with van der Waals surface area (Å²) in [6.07, 6.45) is -5.37. The molecule has 1 aromatic carbocycles. The lowest BCUT2D eigenvalue weighted by Gasteiger charge is -2.13. The molecule has 0 bridgehead atoms. The summed E-state index contributed by atoms with van der Waals surface area (Å²) < 4.78 is 44.4. The molecule has 0 saturated carbocycles. The van der Waals surface area contributed by atoms with E-state index in [0.29, 0.717) is 5.56 Å². The number of halogens is 5. The fraction of sp³-hybridized carbons (Fsp3) is 0.300. The molecule has 9 heteroatoms. The number of ether oxygens (including phenoxy) is 2. The average Bonchev–Trinajstić information content (AvgIpc) is 2.66. The first-order valence-electron chi connectivity index (χ1n) is 4.83. The van der Waals surface area contributed by atoms with Crippen LogP contribution in [0.4, 0.5) is 18.0 Å². The van der Waals surface area contributed by atoms with Crippen LogP contribution in [0.15, 0.2) is 18.2 Å². The Kier molecular flexibility index (Phi) is 4.75. The predicted octanol–water partition coefficient (Wildman–Crippen LogP) is 3.44. The van der Waals surface area contributed by atoms with Gasteiger partial charge in [-0.05, 0) is 17.7 Å². The molecule has 2 rings (SSSR count). The van der Waals surface area contributed by atoms with Gasteiger partial charge in [-0.2, -0.15) is 0 Å². The van der Waals surface area contributed by atoms with Gasteiger partial charge in [0.25, 0.3) is 0 Å².